The molecule has 4 atom stereocenters. The highest BCUT2D eigenvalue weighted by Crippen LogP contribution is 2.43. The molecule has 2 heterocycles. The highest BCUT2D eigenvalue weighted by Gasteiger charge is 2.68. The van der Waals surface area contributed by atoms with Crippen LogP contribution in [-0.2, 0) is 31.6 Å². The number of benzene rings is 1. The van der Waals surface area contributed by atoms with Crippen LogP contribution in [-0.4, -0.2) is 54.2 Å². The Morgan fingerprint density at radius 1 is 1.29 bits per heavy atom. The maximum Gasteiger partial charge on any atom is 0.328 e. The summed E-state index contributed by atoms with van der Waals surface area (Å²) >= 11 is 0. The molecule has 7 nitrogen and oxygen atoms in total. The number of carboxylic acids is 1. The Bertz CT molecular complexity index is 733. The fraction of sp³-hybridized carbons (Fsp3) is 0.438. The summed E-state index contributed by atoms with van der Waals surface area (Å²) in [6, 6.07) is 6.99. The van der Waals surface area contributed by atoms with Gasteiger partial charge in [-0.15, -0.1) is 0 Å². The number of carbonyl (C=O) groups is 3. The molecule has 2 fully saturated rings. The van der Waals surface area contributed by atoms with Crippen molar-refractivity contribution >= 4 is 28.6 Å². The summed E-state index contributed by atoms with van der Waals surface area (Å²) in [5, 5.41) is 11.2. The summed E-state index contributed by atoms with van der Waals surface area (Å²) in [6.45, 7) is 3.13. The molecular formula is C16H18N2O5S. The van der Waals surface area contributed by atoms with Gasteiger partial charge in [-0.2, -0.15) is 0 Å². The van der Waals surface area contributed by atoms with E-state index in [1.54, 1.807) is 26.0 Å². The van der Waals surface area contributed by atoms with E-state index in [0.717, 1.165) is 10.5 Å². The zero-order valence-corrected chi connectivity index (χ0v) is 14.1. The molecule has 2 N–H and O–H groups in total. The number of β-lactam (4-membered cyclic amide) rings is 1. The van der Waals surface area contributed by atoms with Gasteiger partial charge < -0.3 is 15.3 Å². The van der Waals surface area contributed by atoms with Crippen LogP contribution in [0.1, 0.15) is 19.4 Å². The average Bonchev–Trinajstić information content (AvgIpc) is 2.71. The SMILES string of the molecule is CC1(C)C(C(=O)O)N2C(=O)C(NC(=O)Cc3ccccc3)[C@@H]2S1=O. The first-order chi connectivity index (χ1) is 11.2. The van der Waals surface area contributed by atoms with Crippen LogP contribution < -0.4 is 5.32 Å². The zero-order chi connectivity index (χ0) is 17.6. The van der Waals surface area contributed by atoms with Gasteiger partial charge in [0.15, 0.2) is 0 Å². The summed E-state index contributed by atoms with van der Waals surface area (Å²) in [5.74, 6) is -2.03. The van der Waals surface area contributed by atoms with Crippen molar-refractivity contribution in [3.05, 3.63) is 35.9 Å². The van der Waals surface area contributed by atoms with Crippen LogP contribution in [0.3, 0.4) is 0 Å². The van der Waals surface area contributed by atoms with Crippen LogP contribution in [0.4, 0.5) is 0 Å². The average molecular weight is 350 g/mol. The van der Waals surface area contributed by atoms with E-state index in [0.29, 0.717) is 0 Å². The van der Waals surface area contributed by atoms with Gasteiger partial charge in [-0.1, -0.05) is 30.3 Å². The Balaban J connectivity index is 1.74. The van der Waals surface area contributed by atoms with Crippen molar-refractivity contribution in [2.75, 3.05) is 0 Å². The van der Waals surface area contributed by atoms with Gasteiger partial charge in [0.25, 0.3) is 0 Å². The monoisotopic (exact) mass is 350 g/mol. The lowest BCUT2D eigenvalue weighted by molar-refractivity contribution is -0.161. The number of fused-ring (bicyclic) bond motifs is 1. The predicted molar refractivity (Wildman–Crippen MR) is 86.4 cm³/mol. The number of nitrogens with one attached hydrogen (secondary N) is 1. The number of carbonyl (C=O) groups excluding carboxylic acids is 2. The molecule has 0 spiro atoms. The quantitative estimate of drug-likeness (QED) is 0.737. The molecule has 8 heteroatoms. The lowest BCUT2D eigenvalue weighted by Gasteiger charge is -2.43. The normalized spacial score (nSPS) is 30.4. The molecule has 2 aliphatic rings. The second-order valence-corrected chi connectivity index (χ2v) is 8.62. The fourth-order valence-corrected chi connectivity index (χ4v) is 5.22. The molecule has 0 saturated carbocycles. The molecule has 0 aliphatic carbocycles. The van der Waals surface area contributed by atoms with Crippen molar-refractivity contribution in [2.24, 2.45) is 0 Å². The van der Waals surface area contributed by atoms with Gasteiger partial charge in [0.2, 0.25) is 11.8 Å². The molecule has 0 aromatic heterocycles. The number of carboxylic acid groups (broad SMARTS) is 1. The molecule has 2 amide bonds. The molecule has 24 heavy (non-hydrogen) atoms. The minimum absolute atomic E-state index is 0.107. The highest BCUT2D eigenvalue weighted by atomic mass is 32.2. The molecule has 2 saturated heterocycles. The Morgan fingerprint density at radius 2 is 1.92 bits per heavy atom. The van der Waals surface area contributed by atoms with Crippen LogP contribution in [0.15, 0.2) is 30.3 Å². The van der Waals surface area contributed by atoms with Crippen molar-refractivity contribution in [3.8, 4) is 0 Å². The minimum Gasteiger partial charge on any atom is -0.480 e. The van der Waals surface area contributed by atoms with Crippen LogP contribution >= 0.6 is 0 Å². The lowest BCUT2D eigenvalue weighted by atomic mass is 9.96. The predicted octanol–water partition coefficient (Wildman–Crippen LogP) is -0.124. The van der Waals surface area contributed by atoms with Gasteiger partial charge >= 0.3 is 5.97 Å². The van der Waals surface area contributed by atoms with E-state index in [-0.39, 0.29) is 12.3 Å². The molecule has 3 unspecified atom stereocenters. The molecule has 3 rings (SSSR count). The molecule has 1 aromatic rings. The smallest absolute Gasteiger partial charge is 0.328 e. The van der Waals surface area contributed by atoms with Crippen LogP contribution in [0, 0.1) is 0 Å². The van der Waals surface area contributed by atoms with Gasteiger partial charge in [0.05, 0.1) is 22.0 Å². The number of hydrogen-bond acceptors (Lipinski definition) is 4. The van der Waals surface area contributed by atoms with Crippen molar-refractivity contribution in [1.29, 1.82) is 0 Å². The maximum absolute atomic E-state index is 12.6. The Morgan fingerprint density at radius 3 is 2.50 bits per heavy atom. The van der Waals surface area contributed by atoms with Crippen molar-refractivity contribution in [2.45, 2.75) is 42.5 Å². The zero-order valence-electron chi connectivity index (χ0n) is 13.3. The molecule has 128 valence electrons. The Hall–Kier alpha value is -2.22. The molecule has 2 aliphatic heterocycles. The molecule has 1 aromatic carbocycles. The second kappa shape index (κ2) is 5.70. The summed E-state index contributed by atoms with van der Waals surface area (Å²) < 4.78 is 11.5. The van der Waals surface area contributed by atoms with E-state index in [2.05, 4.69) is 5.32 Å². The van der Waals surface area contributed by atoms with E-state index in [9.17, 15) is 23.7 Å². The van der Waals surface area contributed by atoms with E-state index in [1.807, 2.05) is 18.2 Å². The summed E-state index contributed by atoms with van der Waals surface area (Å²) in [5.41, 5.74) is 0.801. The molecule has 0 bridgehead atoms. The summed E-state index contributed by atoms with van der Waals surface area (Å²) in [7, 11) is -1.58. The first-order valence-electron chi connectivity index (χ1n) is 7.54. The first-order valence-corrected chi connectivity index (χ1v) is 8.75. The van der Waals surface area contributed by atoms with Crippen molar-refractivity contribution in [3.63, 3.8) is 0 Å². The fourth-order valence-electron chi connectivity index (χ4n) is 3.30. The summed E-state index contributed by atoms with van der Waals surface area (Å²) in [4.78, 5) is 37.0. The van der Waals surface area contributed by atoms with Gasteiger partial charge in [0.1, 0.15) is 17.5 Å². The van der Waals surface area contributed by atoms with Crippen molar-refractivity contribution in [1.82, 2.24) is 10.2 Å². The van der Waals surface area contributed by atoms with Crippen LogP contribution in [0.2, 0.25) is 0 Å². The molecule has 0 radical (unpaired) electrons. The number of rotatable bonds is 4. The van der Waals surface area contributed by atoms with Gasteiger partial charge in [-0.25, -0.2) is 4.79 Å². The standard InChI is InChI=1S/C16H18N2O5S/c1-16(2)12(15(21)22)18-13(20)11(14(18)24(16)23)17-10(19)8-9-6-4-3-5-7-9/h3-7,11-12,14H,8H2,1-2H3,(H,17,19)(H,21,22)/t11?,12?,14-,24?/m0/s1. The van der Waals surface area contributed by atoms with E-state index < -0.39 is 44.9 Å². The van der Waals surface area contributed by atoms with Crippen LogP contribution in [0.25, 0.3) is 0 Å². The van der Waals surface area contributed by atoms with Crippen LogP contribution in [0.5, 0.6) is 0 Å². The van der Waals surface area contributed by atoms with Crippen molar-refractivity contribution < 1.29 is 23.7 Å². The Labute approximate surface area is 141 Å². The van der Waals surface area contributed by atoms with Gasteiger partial charge in [-0.3, -0.25) is 13.8 Å². The first kappa shape index (κ1) is 16.6. The number of amides is 2. The lowest BCUT2D eigenvalue weighted by Crippen LogP contribution is -2.71. The third kappa shape index (κ3) is 2.41. The third-order valence-corrected chi connectivity index (χ3v) is 6.71. The number of hydrogen-bond donors (Lipinski definition) is 2. The van der Waals surface area contributed by atoms with E-state index >= 15 is 0 Å². The van der Waals surface area contributed by atoms with E-state index in [1.165, 1.54) is 0 Å². The Kier molecular flexibility index (Phi) is 3.95. The largest absolute Gasteiger partial charge is 0.480 e. The number of aliphatic carboxylic acids is 1. The maximum atomic E-state index is 12.6. The summed E-state index contributed by atoms with van der Waals surface area (Å²) in [6.07, 6.45) is 0.107. The molecular weight excluding hydrogens is 332 g/mol. The third-order valence-electron chi connectivity index (χ3n) is 4.51. The minimum atomic E-state index is -1.58. The van der Waals surface area contributed by atoms with E-state index in [4.69, 9.17) is 0 Å². The highest BCUT2D eigenvalue weighted by molar-refractivity contribution is 7.87. The van der Waals surface area contributed by atoms with Gasteiger partial charge in [-0.05, 0) is 19.4 Å². The second-order valence-electron chi connectivity index (χ2n) is 6.49. The number of nitrogens with zero attached hydrogens (tertiary/aromatic N) is 1. The topological polar surface area (TPSA) is 104 Å². The van der Waals surface area contributed by atoms with Gasteiger partial charge in [0, 0.05) is 0 Å².